The fourth-order valence-electron chi connectivity index (χ4n) is 6.69. The summed E-state index contributed by atoms with van der Waals surface area (Å²) in [7, 11) is -3.34. The molecule has 0 spiro atoms. The molecule has 0 aliphatic rings. The van der Waals surface area contributed by atoms with Crippen LogP contribution in [0.15, 0.2) is 0 Å². The van der Waals surface area contributed by atoms with Crippen molar-refractivity contribution in [3.63, 3.8) is 0 Å². The summed E-state index contributed by atoms with van der Waals surface area (Å²) in [4.78, 5) is 49.2. The third-order valence-corrected chi connectivity index (χ3v) is 11.2. The Morgan fingerprint density at radius 1 is 0.508 bits per heavy atom. The van der Waals surface area contributed by atoms with Gasteiger partial charge in [0.1, 0.15) is 13.2 Å². The number of phosphoric acid groups is 1. The van der Waals surface area contributed by atoms with Crippen molar-refractivity contribution >= 4 is 25.9 Å². The number of rotatable bonds is 45. The Morgan fingerprint density at radius 3 is 1.31 bits per heavy atom. The summed E-state index contributed by atoms with van der Waals surface area (Å²) in [5, 5.41) is 2.36. The molecule has 59 heavy (non-hydrogen) atoms. The van der Waals surface area contributed by atoms with E-state index in [0.29, 0.717) is 12.8 Å². The van der Waals surface area contributed by atoms with E-state index in [1.807, 2.05) is 0 Å². The average Bonchev–Trinajstić information content (AvgIpc) is 3.20. The van der Waals surface area contributed by atoms with Gasteiger partial charge in [-0.3, -0.25) is 14.2 Å². The third-order valence-electron chi connectivity index (χ3n) is 10.3. The molecule has 0 radical (unpaired) electrons. The Morgan fingerprint density at radius 2 is 0.898 bits per heavy atom. The van der Waals surface area contributed by atoms with Crippen LogP contribution in [0.2, 0.25) is 0 Å². The second-order valence-corrected chi connectivity index (χ2v) is 17.2. The Kier molecular flexibility index (Phi) is 47.9. The van der Waals surface area contributed by atoms with Gasteiger partial charge in [-0.15, -0.1) is 0 Å². The quantitative estimate of drug-likeness (QED) is 0.0205. The van der Waals surface area contributed by atoms with Gasteiger partial charge >= 0.3 is 47.6 Å². The van der Waals surface area contributed by atoms with Gasteiger partial charge in [0.25, 0.3) is 7.82 Å². The zero-order chi connectivity index (χ0) is 42.6. The molecular weight excluding hydrogens is 784 g/mol. The molecule has 0 aliphatic carbocycles. The fourth-order valence-corrected chi connectivity index (χ4v) is 7.43. The Bertz CT molecular complexity index is 994. The summed E-state index contributed by atoms with van der Waals surface area (Å²) < 4.78 is 42.7. The van der Waals surface area contributed by atoms with Gasteiger partial charge in [-0.05, 0) is 12.8 Å². The second-order valence-electron chi connectivity index (χ2n) is 15.8. The van der Waals surface area contributed by atoms with Crippen molar-refractivity contribution in [2.45, 2.75) is 225 Å². The molecular formula is C45H87NNaO11P. The molecule has 2 atom stereocenters. The standard InChI is InChI=1S/C45H88NO11P.Na/c1-4-6-8-10-12-14-16-18-20-22-24-26-28-30-32-34-43(47)54-40-42(41-56-58(50,51)55-37-36-46-45(49)53-39-38-52-3)57-44(48)35-33-31-29-27-25-23-21-19-17-15-13-11-9-7-5-2;/h42H,4-41H2,1-3H3,(H,46,49)(H,50,51);/q;+1/p-1/t42-;/m1./s1. The van der Waals surface area contributed by atoms with Crippen LogP contribution >= 0.6 is 7.82 Å². The molecule has 1 unspecified atom stereocenters. The number of ether oxygens (including phenoxy) is 4. The molecule has 14 heteroatoms. The van der Waals surface area contributed by atoms with Gasteiger partial charge in [0.2, 0.25) is 0 Å². The minimum atomic E-state index is -4.82. The minimum absolute atomic E-state index is 0. The topological polar surface area (TPSA) is 159 Å². The summed E-state index contributed by atoms with van der Waals surface area (Å²) in [5.41, 5.74) is 0. The molecule has 0 saturated heterocycles. The molecule has 0 heterocycles. The van der Waals surface area contributed by atoms with Gasteiger partial charge < -0.3 is 38.2 Å². The van der Waals surface area contributed by atoms with E-state index in [2.05, 4.69) is 19.2 Å². The third kappa shape index (κ3) is 46.6. The molecule has 0 aromatic carbocycles. The summed E-state index contributed by atoms with van der Waals surface area (Å²) in [6.45, 7) is 3.36. The molecule has 0 aromatic heterocycles. The Hall–Kier alpha value is -0.720. The SMILES string of the molecule is CCCCCCCCCCCCCCCCCC(=O)OC[C@H](COP(=O)([O-])OCCNC(=O)OCCOC)OC(=O)CCCCCCCCCCCCCCCCC.[Na+]. The van der Waals surface area contributed by atoms with E-state index >= 15 is 0 Å². The van der Waals surface area contributed by atoms with Crippen LogP contribution in [-0.4, -0.2) is 70.8 Å². The Balaban J connectivity index is 0. The molecule has 0 rings (SSSR count). The summed E-state index contributed by atoms with van der Waals surface area (Å²) in [6.07, 6.45) is 35.3. The van der Waals surface area contributed by atoms with Crippen LogP contribution in [0.25, 0.3) is 0 Å². The number of esters is 2. The van der Waals surface area contributed by atoms with E-state index in [1.54, 1.807) is 0 Å². The first-order chi connectivity index (χ1) is 28.2. The van der Waals surface area contributed by atoms with Crippen LogP contribution in [0, 0.1) is 0 Å². The first kappa shape index (κ1) is 60.4. The molecule has 12 nitrogen and oxygen atoms in total. The number of hydrogen-bond donors (Lipinski definition) is 1. The van der Waals surface area contributed by atoms with Crippen LogP contribution in [0.4, 0.5) is 4.79 Å². The van der Waals surface area contributed by atoms with Crippen molar-refractivity contribution in [2.24, 2.45) is 0 Å². The minimum Gasteiger partial charge on any atom is -0.756 e. The van der Waals surface area contributed by atoms with Gasteiger partial charge in [0.05, 0.1) is 19.8 Å². The van der Waals surface area contributed by atoms with Gasteiger partial charge in [-0.2, -0.15) is 0 Å². The summed E-state index contributed by atoms with van der Waals surface area (Å²) >= 11 is 0. The van der Waals surface area contributed by atoms with Crippen molar-refractivity contribution in [1.29, 1.82) is 0 Å². The molecule has 1 N–H and O–H groups in total. The summed E-state index contributed by atoms with van der Waals surface area (Å²) in [6, 6.07) is 0. The first-order valence-corrected chi connectivity index (χ1v) is 25.0. The molecule has 0 saturated carbocycles. The maximum Gasteiger partial charge on any atom is 1.00 e. The largest absolute Gasteiger partial charge is 1.00 e. The van der Waals surface area contributed by atoms with Crippen molar-refractivity contribution in [2.75, 3.05) is 46.7 Å². The maximum absolute atomic E-state index is 12.7. The van der Waals surface area contributed by atoms with E-state index < -0.39 is 45.2 Å². The molecule has 1 amide bonds. The first-order valence-electron chi connectivity index (χ1n) is 23.6. The number of unbranched alkanes of at least 4 members (excludes halogenated alkanes) is 28. The van der Waals surface area contributed by atoms with Gasteiger partial charge in [0.15, 0.2) is 6.10 Å². The van der Waals surface area contributed by atoms with Crippen LogP contribution < -0.4 is 39.8 Å². The number of alkyl carbamates (subject to hydrolysis) is 1. The number of carbonyl (C=O) groups excluding carboxylic acids is 3. The number of hydrogen-bond acceptors (Lipinski definition) is 11. The summed E-state index contributed by atoms with van der Waals surface area (Å²) in [5.74, 6) is -0.928. The van der Waals surface area contributed by atoms with Crippen LogP contribution in [-0.2, 0) is 42.1 Å². The smallest absolute Gasteiger partial charge is 0.756 e. The van der Waals surface area contributed by atoms with Crippen LogP contribution in [0.3, 0.4) is 0 Å². The zero-order valence-electron chi connectivity index (χ0n) is 38.4. The van der Waals surface area contributed by atoms with Crippen molar-refractivity contribution in [3.8, 4) is 0 Å². The molecule has 0 aromatic rings. The van der Waals surface area contributed by atoms with Crippen molar-refractivity contribution in [3.05, 3.63) is 0 Å². The Labute approximate surface area is 382 Å². The van der Waals surface area contributed by atoms with Crippen molar-refractivity contribution < 1.29 is 81.4 Å². The van der Waals surface area contributed by atoms with Gasteiger partial charge in [-0.1, -0.05) is 194 Å². The predicted molar refractivity (Wildman–Crippen MR) is 231 cm³/mol. The van der Waals surface area contributed by atoms with E-state index in [9.17, 15) is 23.8 Å². The second kappa shape index (κ2) is 46.8. The number of methoxy groups -OCH3 is 1. The van der Waals surface area contributed by atoms with Gasteiger partial charge in [0, 0.05) is 26.5 Å². The van der Waals surface area contributed by atoms with E-state index in [4.69, 9.17) is 28.0 Å². The van der Waals surface area contributed by atoms with E-state index in [0.717, 1.165) is 38.5 Å². The zero-order valence-corrected chi connectivity index (χ0v) is 41.3. The number of phosphoric ester groups is 1. The average molecular weight is 872 g/mol. The van der Waals surface area contributed by atoms with E-state index in [1.165, 1.54) is 148 Å². The molecule has 344 valence electrons. The van der Waals surface area contributed by atoms with Gasteiger partial charge in [-0.25, -0.2) is 4.79 Å². The molecule has 0 fully saturated rings. The maximum atomic E-state index is 12.7. The van der Waals surface area contributed by atoms with E-state index in [-0.39, 0.29) is 68.8 Å². The van der Waals surface area contributed by atoms with Crippen LogP contribution in [0.5, 0.6) is 0 Å². The van der Waals surface area contributed by atoms with Crippen LogP contribution in [0.1, 0.15) is 219 Å². The monoisotopic (exact) mass is 872 g/mol. The normalized spacial score (nSPS) is 12.7. The fraction of sp³-hybridized carbons (Fsp3) is 0.933. The van der Waals surface area contributed by atoms with Crippen molar-refractivity contribution in [1.82, 2.24) is 5.32 Å². The molecule has 0 bridgehead atoms. The predicted octanol–water partition coefficient (Wildman–Crippen LogP) is 8.84. The number of carbonyl (C=O) groups is 3. The number of nitrogens with one attached hydrogen (secondary N) is 1. The molecule has 0 aliphatic heterocycles. The number of amides is 1.